The van der Waals surface area contributed by atoms with Gasteiger partial charge < -0.3 is 9.84 Å². The molecule has 0 saturated carbocycles. The number of ether oxygens (including phenoxy) is 1. The number of carbonyl (C=O) groups is 1. The number of carbonyl (C=O) groups excluding carboxylic acids is 1. The minimum absolute atomic E-state index is 0.0432. The van der Waals surface area contributed by atoms with Gasteiger partial charge in [0.1, 0.15) is 0 Å². The topological polar surface area (TPSA) is 114 Å². The normalized spacial score (nSPS) is 16.0. The fourth-order valence-corrected chi connectivity index (χ4v) is 4.36. The van der Waals surface area contributed by atoms with Crippen molar-refractivity contribution < 1.29 is 19.6 Å². The summed E-state index contributed by atoms with van der Waals surface area (Å²) in [5.41, 5.74) is 3.52. The predicted molar refractivity (Wildman–Crippen MR) is 106 cm³/mol. The van der Waals surface area contributed by atoms with E-state index in [0.717, 1.165) is 31.7 Å². The molecule has 0 radical (unpaired) electrons. The molecule has 1 aromatic heterocycles. The highest BCUT2D eigenvalue weighted by atomic mass is 32.1. The fraction of sp³-hybridized carbons (Fsp3) is 0.368. The number of nitro groups is 1. The van der Waals surface area contributed by atoms with Crippen LogP contribution < -0.4 is 10.2 Å². The molecule has 148 valence electrons. The van der Waals surface area contributed by atoms with Crippen molar-refractivity contribution in [2.24, 2.45) is 11.0 Å². The molecule has 3 rings (SSSR count). The Balaban J connectivity index is 1.71. The smallest absolute Gasteiger partial charge is 0.315 e. The van der Waals surface area contributed by atoms with Crippen LogP contribution >= 0.6 is 11.3 Å². The Morgan fingerprint density at radius 3 is 2.96 bits per heavy atom. The molecule has 2 aromatic rings. The number of benzene rings is 1. The molecule has 0 unspecified atom stereocenters. The standard InChI is InChI=1S/C19H21N3O5S/c1-3-11-4-5-16-13(6-11)9-17(28-16)19(24)21-20-10-12-7-14(22(25)26)18(23)15(8-12)27-2/h7-11,23H,3-6H2,1-2H3,(H,21,24)/b20-10+/t11-/m0/s1. The number of hydrogen-bond acceptors (Lipinski definition) is 7. The van der Waals surface area contributed by atoms with Crippen molar-refractivity contribution in [2.45, 2.75) is 32.6 Å². The number of hydrogen-bond donors (Lipinski definition) is 2. The summed E-state index contributed by atoms with van der Waals surface area (Å²) in [7, 11) is 1.29. The van der Waals surface area contributed by atoms with E-state index >= 15 is 0 Å². The number of methoxy groups -OCH3 is 1. The minimum Gasteiger partial charge on any atom is -0.500 e. The number of amides is 1. The third kappa shape index (κ3) is 4.14. The van der Waals surface area contributed by atoms with Crippen LogP contribution in [0.15, 0.2) is 23.3 Å². The molecule has 1 amide bonds. The molecule has 0 spiro atoms. The van der Waals surface area contributed by atoms with Gasteiger partial charge in [-0.2, -0.15) is 5.10 Å². The first-order valence-corrected chi connectivity index (χ1v) is 9.75. The van der Waals surface area contributed by atoms with Crippen molar-refractivity contribution in [3.8, 4) is 11.5 Å². The van der Waals surface area contributed by atoms with Gasteiger partial charge in [0.25, 0.3) is 5.91 Å². The number of nitrogens with one attached hydrogen (secondary N) is 1. The quantitative estimate of drug-likeness (QED) is 0.434. The van der Waals surface area contributed by atoms with Crippen LogP contribution in [0.4, 0.5) is 5.69 Å². The number of hydrazone groups is 1. The zero-order valence-electron chi connectivity index (χ0n) is 15.6. The zero-order chi connectivity index (χ0) is 20.3. The van der Waals surface area contributed by atoms with Gasteiger partial charge in [0.2, 0.25) is 5.75 Å². The second kappa shape index (κ2) is 8.39. The molecule has 2 N–H and O–H groups in total. The maximum Gasteiger partial charge on any atom is 0.315 e. The second-order valence-corrected chi connectivity index (χ2v) is 7.76. The van der Waals surface area contributed by atoms with Crippen LogP contribution in [0.2, 0.25) is 0 Å². The van der Waals surface area contributed by atoms with Crippen LogP contribution in [0.5, 0.6) is 11.5 Å². The lowest BCUT2D eigenvalue weighted by molar-refractivity contribution is -0.386. The summed E-state index contributed by atoms with van der Waals surface area (Å²) in [6.45, 7) is 2.19. The monoisotopic (exact) mass is 403 g/mol. The van der Waals surface area contributed by atoms with Gasteiger partial charge in [-0.05, 0) is 42.9 Å². The average Bonchev–Trinajstić information content (AvgIpc) is 3.11. The molecule has 0 aliphatic heterocycles. The van der Waals surface area contributed by atoms with Crippen molar-refractivity contribution in [1.82, 2.24) is 5.43 Å². The van der Waals surface area contributed by atoms with Crippen LogP contribution in [0.1, 0.15) is 45.4 Å². The predicted octanol–water partition coefficient (Wildman–Crippen LogP) is 3.65. The first kappa shape index (κ1) is 19.8. The van der Waals surface area contributed by atoms with E-state index in [9.17, 15) is 20.0 Å². The molecule has 0 fully saturated rings. The molecule has 9 heteroatoms. The van der Waals surface area contributed by atoms with Crippen LogP contribution in [0.25, 0.3) is 0 Å². The van der Waals surface area contributed by atoms with Gasteiger partial charge >= 0.3 is 5.69 Å². The van der Waals surface area contributed by atoms with Gasteiger partial charge in [-0.3, -0.25) is 14.9 Å². The van der Waals surface area contributed by atoms with Gasteiger partial charge in [-0.15, -0.1) is 11.3 Å². The summed E-state index contributed by atoms with van der Waals surface area (Å²) < 4.78 is 4.94. The molecule has 0 saturated heterocycles. The molecule has 1 aliphatic carbocycles. The molecular weight excluding hydrogens is 382 g/mol. The Morgan fingerprint density at radius 1 is 1.50 bits per heavy atom. The van der Waals surface area contributed by atoms with Crippen molar-refractivity contribution in [3.05, 3.63) is 49.2 Å². The van der Waals surface area contributed by atoms with E-state index in [-0.39, 0.29) is 11.7 Å². The number of rotatable bonds is 6. The summed E-state index contributed by atoms with van der Waals surface area (Å²) >= 11 is 1.49. The highest BCUT2D eigenvalue weighted by molar-refractivity contribution is 7.14. The molecule has 1 atom stereocenters. The Hall–Kier alpha value is -2.94. The number of fused-ring (bicyclic) bond motifs is 1. The molecule has 8 nitrogen and oxygen atoms in total. The van der Waals surface area contributed by atoms with E-state index in [4.69, 9.17) is 4.74 Å². The number of aryl methyl sites for hydroxylation is 1. The van der Waals surface area contributed by atoms with E-state index in [0.29, 0.717) is 16.4 Å². The lowest BCUT2D eigenvalue weighted by atomic mass is 9.87. The Kier molecular flexibility index (Phi) is 5.93. The van der Waals surface area contributed by atoms with Crippen molar-refractivity contribution in [1.29, 1.82) is 0 Å². The van der Waals surface area contributed by atoms with E-state index in [2.05, 4.69) is 17.5 Å². The number of nitrogens with zero attached hydrogens (tertiary/aromatic N) is 2. The molecule has 1 aromatic carbocycles. The van der Waals surface area contributed by atoms with Crippen LogP contribution in [0, 0.1) is 16.0 Å². The maximum absolute atomic E-state index is 12.4. The third-order valence-corrected chi connectivity index (χ3v) is 6.10. The number of thiophene rings is 1. The summed E-state index contributed by atoms with van der Waals surface area (Å²) in [6, 6.07) is 4.48. The first-order chi connectivity index (χ1) is 13.4. The minimum atomic E-state index is -0.715. The number of phenolic OH excluding ortho intramolecular Hbond substituents is 1. The lowest BCUT2D eigenvalue weighted by Crippen LogP contribution is -2.16. The van der Waals surface area contributed by atoms with Crippen LogP contribution in [-0.2, 0) is 12.8 Å². The van der Waals surface area contributed by atoms with Gasteiger partial charge in [0, 0.05) is 16.5 Å². The van der Waals surface area contributed by atoms with Crippen LogP contribution in [0.3, 0.4) is 0 Å². The van der Waals surface area contributed by atoms with E-state index in [1.807, 2.05) is 6.07 Å². The zero-order valence-corrected chi connectivity index (χ0v) is 16.4. The fourth-order valence-electron chi connectivity index (χ4n) is 3.26. The van der Waals surface area contributed by atoms with E-state index in [1.54, 1.807) is 0 Å². The van der Waals surface area contributed by atoms with Gasteiger partial charge in [-0.25, -0.2) is 5.43 Å². The Bertz CT molecular complexity index is 938. The van der Waals surface area contributed by atoms with Gasteiger partial charge in [-0.1, -0.05) is 13.3 Å². The molecule has 1 aliphatic rings. The van der Waals surface area contributed by atoms with Gasteiger partial charge in [0.05, 0.1) is 23.1 Å². The van der Waals surface area contributed by atoms with Crippen molar-refractivity contribution >= 4 is 29.1 Å². The Labute approximate surface area is 166 Å². The molecule has 28 heavy (non-hydrogen) atoms. The summed E-state index contributed by atoms with van der Waals surface area (Å²) in [5.74, 6) is -0.234. The summed E-state index contributed by atoms with van der Waals surface area (Å²) in [4.78, 5) is 24.5. The van der Waals surface area contributed by atoms with E-state index < -0.39 is 16.4 Å². The van der Waals surface area contributed by atoms with Crippen molar-refractivity contribution in [2.75, 3.05) is 7.11 Å². The highest BCUT2D eigenvalue weighted by Crippen LogP contribution is 2.36. The van der Waals surface area contributed by atoms with Gasteiger partial charge in [0.15, 0.2) is 5.75 Å². The van der Waals surface area contributed by atoms with E-state index in [1.165, 1.54) is 41.2 Å². The highest BCUT2D eigenvalue weighted by Gasteiger charge is 2.22. The maximum atomic E-state index is 12.4. The molecule has 0 bridgehead atoms. The lowest BCUT2D eigenvalue weighted by Gasteiger charge is -2.19. The average molecular weight is 403 g/mol. The SMILES string of the molecule is CC[C@H]1CCc2sc(C(=O)N/N=C/c3cc(OC)c(O)c([N+](=O)[O-])c3)cc2C1. The molecular formula is C19H21N3O5S. The summed E-state index contributed by atoms with van der Waals surface area (Å²) in [5, 5.41) is 24.7. The second-order valence-electron chi connectivity index (χ2n) is 6.62. The number of phenols is 1. The van der Waals surface area contributed by atoms with Crippen LogP contribution in [-0.4, -0.2) is 29.3 Å². The number of nitro benzene ring substituents is 1. The third-order valence-electron chi connectivity index (χ3n) is 4.86. The van der Waals surface area contributed by atoms with Crippen molar-refractivity contribution in [3.63, 3.8) is 0 Å². The largest absolute Gasteiger partial charge is 0.500 e. The Morgan fingerprint density at radius 2 is 2.29 bits per heavy atom. The molecule has 1 heterocycles. The summed E-state index contributed by atoms with van der Waals surface area (Å²) in [6.07, 6.45) is 5.59. The first-order valence-electron chi connectivity index (χ1n) is 8.93. The number of aromatic hydroxyl groups is 1.